The van der Waals surface area contributed by atoms with Gasteiger partial charge in [-0.05, 0) is 87.7 Å². The molecule has 2 atom stereocenters. The van der Waals surface area contributed by atoms with Gasteiger partial charge < -0.3 is 29.3 Å². The lowest BCUT2D eigenvalue weighted by atomic mass is 9.99. The number of nitrogens with zero attached hydrogens (tertiary/aromatic N) is 2. The van der Waals surface area contributed by atoms with E-state index in [0.717, 1.165) is 50.5 Å². The first-order chi connectivity index (χ1) is 20.6. The zero-order valence-corrected chi connectivity index (χ0v) is 25.9. The van der Waals surface area contributed by atoms with Crippen molar-refractivity contribution in [1.29, 1.82) is 0 Å². The monoisotopic (exact) mass is 580 g/mol. The summed E-state index contributed by atoms with van der Waals surface area (Å²) in [7, 11) is 3.67. The van der Waals surface area contributed by atoms with Crippen LogP contribution in [0.15, 0.2) is 33.5 Å². The van der Waals surface area contributed by atoms with Crippen LogP contribution >= 0.6 is 0 Å². The van der Waals surface area contributed by atoms with E-state index in [2.05, 4.69) is 20.4 Å². The molecule has 2 aromatic rings. The number of furan rings is 2. The molecule has 2 saturated carbocycles. The maximum Gasteiger partial charge on any atom is 0.247 e. The van der Waals surface area contributed by atoms with Crippen LogP contribution in [0.3, 0.4) is 0 Å². The standard InChI is InChI=1S/2C17H26N2O2/c2*1-18-15-16-14(9-11-21-16)8-10-19(17(15)20)12-13-6-4-2-3-5-7-13/h2*9,11,13,15,18H,2-8,10,12H2,1H3. The van der Waals surface area contributed by atoms with Crippen LogP contribution in [0, 0.1) is 11.8 Å². The molecule has 232 valence electrons. The van der Waals surface area contributed by atoms with Gasteiger partial charge in [-0.25, -0.2) is 0 Å². The highest BCUT2D eigenvalue weighted by atomic mass is 16.3. The minimum Gasteiger partial charge on any atom is -0.467 e. The molecule has 0 bridgehead atoms. The van der Waals surface area contributed by atoms with E-state index in [1.165, 1.54) is 88.2 Å². The van der Waals surface area contributed by atoms with Crippen molar-refractivity contribution >= 4 is 11.8 Å². The molecule has 2 fully saturated rings. The summed E-state index contributed by atoms with van der Waals surface area (Å²) in [6.07, 6.45) is 21.0. The van der Waals surface area contributed by atoms with Gasteiger partial charge in [-0.3, -0.25) is 9.59 Å². The molecule has 8 heteroatoms. The Balaban J connectivity index is 0.000000168. The van der Waals surface area contributed by atoms with Crippen molar-refractivity contribution < 1.29 is 18.4 Å². The van der Waals surface area contributed by atoms with Crippen molar-refractivity contribution in [2.45, 2.75) is 102 Å². The zero-order chi connectivity index (χ0) is 29.3. The second kappa shape index (κ2) is 15.2. The summed E-state index contributed by atoms with van der Waals surface area (Å²) in [5.74, 6) is 3.33. The highest BCUT2D eigenvalue weighted by molar-refractivity contribution is 5.84. The Kier molecular flexibility index (Phi) is 11.2. The Morgan fingerprint density at radius 3 is 1.38 bits per heavy atom. The van der Waals surface area contributed by atoms with E-state index < -0.39 is 0 Å². The van der Waals surface area contributed by atoms with Crippen molar-refractivity contribution in [2.24, 2.45) is 11.8 Å². The summed E-state index contributed by atoms with van der Waals surface area (Å²) < 4.78 is 11.1. The molecule has 2 aromatic heterocycles. The predicted molar refractivity (Wildman–Crippen MR) is 164 cm³/mol. The van der Waals surface area contributed by atoms with Crippen LogP contribution in [0.4, 0.5) is 0 Å². The molecule has 42 heavy (non-hydrogen) atoms. The number of carbonyl (C=O) groups is 2. The third kappa shape index (κ3) is 7.49. The van der Waals surface area contributed by atoms with Crippen LogP contribution < -0.4 is 10.6 Å². The first-order valence-electron chi connectivity index (χ1n) is 16.6. The molecular weight excluding hydrogens is 528 g/mol. The largest absolute Gasteiger partial charge is 0.467 e. The Hall–Kier alpha value is -2.58. The summed E-state index contributed by atoms with van der Waals surface area (Å²) in [4.78, 5) is 29.7. The second-order valence-electron chi connectivity index (χ2n) is 12.8. The van der Waals surface area contributed by atoms with Crippen molar-refractivity contribution in [3.63, 3.8) is 0 Å². The maximum atomic E-state index is 12.8. The minimum absolute atomic E-state index is 0.176. The zero-order valence-electron chi connectivity index (χ0n) is 25.9. The minimum atomic E-state index is -0.316. The van der Waals surface area contributed by atoms with Gasteiger partial charge in [-0.1, -0.05) is 51.4 Å². The summed E-state index contributed by atoms with van der Waals surface area (Å²) in [5, 5.41) is 6.26. The highest BCUT2D eigenvalue weighted by Gasteiger charge is 2.34. The number of fused-ring (bicyclic) bond motifs is 2. The molecule has 2 unspecified atom stereocenters. The van der Waals surface area contributed by atoms with E-state index in [9.17, 15) is 9.59 Å². The normalized spacial score (nSPS) is 24.5. The third-order valence-corrected chi connectivity index (χ3v) is 9.99. The lowest BCUT2D eigenvalue weighted by Gasteiger charge is -2.28. The van der Waals surface area contributed by atoms with E-state index in [1.54, 1.807) is 12.5 Å². The Bertz CT molecular complexity index is 1040. The second-order valence-corrected chi connectivity index (χ2v) is 12.8. The van der Waals surface area contributed by atoms with Crippen molar-refractivity contribution in [3.8, 4) is 0 Å². The van der Waals surface area contributed by atoms with Crippen LogP contribution in [0.1, 0.15) is 112 Å². The number of rotatable bonds is 6. The molecule has 2 aliphatic heterocycles. The van der Waals surface area contributed by atoms with Gasteiger partial charge in [-0.15, -0.1) is 0 Å². The molecule has 4 heterocycles. The van der Waals surface area contributed by atoms with Gasteiger partial charge in [-0.2, -0.15) is 0 Å². The van der Waals surface area contributed by atoms with E-state index in [4.69, 9.17) is 8.83 Å². The van der Waals surface area contributed by atoms with Crippen LogP contribution in [0.2, 0.25) is 0 Å². The number of amides is 2. The topological polar surface area (TPSA) is 91.0 Å². The number of nitrogens with one attached hydrogen (secondary N) is 2. The maximum absolute atomic E-state index is 12.8. The van der Waals surface area contributed by atoms with Crippen LogP contribution in [-0.2, 0) is 22.4 Å². The van der Waals surface area contributed by atoms with Gasteiger partial charge in [0.15, 0.2) is 0 Å². The lowest BCUT2D eigenvalue weighted by molar-refractivity contribution is -0.135. The molecule has 2 N–H and O–H groups in total. The summed E-state index contributed by atoms with van der Waals surface area (Å²) in [5.41, 5.74) is 2.34. The van der Waals surface area contributed by atoms with Gasteiger partial charge in [0, 0.05) is 26.2 Å². The van der Waals surface area contributed by atoms with Gasteiger partial charge in [0.05, 0.1) is 12.5 Å². The van der Waals surface area contributed by atoms with Gasteiger partial charge >= 0.3 is 0 Å². The molecule has 6 rings (SSSR count). The van der Waals surface area contributed by atoms with Crippen molar-refractivity contribution in [2.75, 3.05) is 40.3 Å². The fourth-order valence-corrected chi connectivity index (χ4v) is 7.52. The molecular formula is C34H52N4O4. The number of hydrogen-bond acceptors (Lipinski definition) is 6. The van der Waals surface area contributed by atoms with E-state index in [-0.39, 0.29) is 23.9 Å². The smallest absolute Gasteiger partial charge is 0.247 e. The Morgan fingerprint density at radius 2 is 1.02 bits per heavy atom. The number of likely N-dealkylation sites (N-methyl/N-ethyl adjacent to an activating group) is 2. The average molecular weight is 581 g/mol. The molecule has 0 radical (unpaired) electrons. The van der Waals surface area contributed by atoms with Crippen LogP contribution in [-0.4, -0.2) is 61.9 Å². The predicted octanol–water partition coefficient (Wildman–Crippen LogP) is 5.79. The molecule has 0 saturated heterocycles. The Morgan fingerprint density at radius 1 is 0.643 bits per heavy atom. The van der Waals surface area contributed by atoms with Crippen molar-refractivity contribution in [1.82, 2.24) is 20.4 Å². The van der Waals surface area contributed by atoms with Gasteiger partial charge in [0.1, 0.15) is 23.6 Å². The quantitative estimate of drug-likeness (QED) is 0.421. The third-order valence-electron chi connectivity index (χ3n) is 9.99. The first kappa shape index (κ1) is 30.9. The van der Waals surface area contributed by atoms with E-state index in [0.29, 0.717) is 11.8 Å². The number of carbonyl (C=O) groups excluding carboxylic acids is 2. The van der Waals surface area contributed by atoms with Crippen molar-refractivity contribution in [3.05, 3.63) is 47.3 Å². The lowest BCUT2D eigenvalue weighted by Crippen LogP contribution is -2.41. The molecule has 0 spiro atoms. The molecule has 4 aliphatic rings. The van der Waals surface area contributed by atoms with E-state index >= 15 is 0 Å². The average Bonchev–Trinajstić information content (AvgIpc) is 3.38. The number of hydrogen-bond donors (Lipinski definition) is 2. The first-order valence-corrected chi connectivity index (χ1v) is 16.6. The molecule has 2 amide bonds. The SMILES string of the molecule is CNC1C(=O)N(CC2CCCCCC2)CCc2ccoc21.CNC1C(=O)N(CC2CCCCCC2)CCc2ccoc21. The van der Waals surface area contributed by atoms with E-state index in [1.807, 2.05) is 26.2 Å². The Labute approximate surface area is 251 Å². The summed E-state index contributed by atoms with van der Waals surface area (Å²) >= 11 is 0. The van der Waals surface area contributed by atoms with Gasteiger partial charge in [0.25, 0.3) is 0 Å². The fraction of sp³-hybridized carbons (Fsp3) is 0.706. The van der Waals surface area contributed by atoms with Crippen LogP contribution in [0.5, 0.6) is 0 Å². The molecule has 8 nitrogen and oxygen atoms in total. The molecule has 2 aliphatic carbocycles. The summed E-state index contributed by atoms with van der Waals surface area (Å²) in [6, 6.07) is 3.37. The summed E-state index contributed by atoms with van der Waals surface area (Å²) in [6.45, 7) is 3.47. The van der Waals surface area contributed by atoms with Gasteiger partial charge in [0.2, 0.25) is 11.8 Å². The van der Waals surface area contributed by atoms with Crippen LogP contribution in [0.25, 0.3) is 0 Å². The highest BCUT2D eigenvalue weighted by Crippen LogP contribution is 2.30. The molecule has 0 aromatic carbocycles. The fourth-order valence-electron chi connectivity index (χ4n) is 7.52.